The summed E-state index contributed by atoms with van der Waals surface area (Å²) < 4.78 is 30.9. The molecule has 2 amide bonds. The minimum absolute atomic E-state index is 0.233. The third-order valence-electron chi connectivity index (χ3n) is 6.71. The molecule has 0 spiro atoms. The molecule has 1 saturated carbocycles. The third kappa shape index (κ3) is 5.68. The van der Waals surface area contributed by atoms with Crippen molar-refractivity contribution in [1.29, 1.82) is 0 Å². The van der Waals surface area contributed by atoms with Crippen molar-refractivity contribution in [3.8, 4) is 5.75 Å². The second-order valence-corrected chi connectivity index (χ2v) is 11.1. The number of rotatable bonds is 10. The van der Waals surface area contributed by atoms with E-state index in [1.54, 1.807) is 30.3 Å². The molecule has 1 atom stereocenters. The molecule has 1 aliphatic heterocycles. The maximum atomic E-state index is 13.4. The van der Waals surface area contributed by atoms with Crippen LogP contribution in [-0.4, -0.2) is 49.5 Å². The summed E-state index contributed by atoms with van der Waals surface area (Å²) >= 11 is 0. The van der Waals surface area contributed by atoms with Crippen LogP contribution < -0.4 is 9.57 Å². The Hall–Kier alpha value is -3.43. The quantitative estimate of drug-likeness (QED) is 0.448. The summed E-state index contributed by atoms with van der Waals surface area (Å²) in [7, 11) is -2.16. The van der Waals surface area contributed by atoms with Crippen LogP contribution in [0.2, 0.25) is 0 Å². The lowest BCUT2D eigenvalue weighted by atomic mass is 10.0. The number of benzene rings is 2. The van der Waals surface area contributed by atoms with Crippen LogP contribution in [0.25, 0.3) is 0 Å². The van der Waals surface area contributed by atoms with Crippen LogP contribution in [-0.2, 0) is 22.2 Å². The lowest BCUT2D eigenvalue weighted by Gasteiger charge is -2.23. The minimum atomic E-state index is -3.79. The van der Waals surface area contributed by atoms with E-state index in [-0.39, 0.29) is 24.4 Å². The number of nitrogens with zero attached hydrogens (tertiary/aromatic N) is 3. The largest absolute Gasteiger partial charge is 0.497 e. The van der Waals surface area contributed by atoms with Crippen LogP contribution in [0.5, 0.6) is 5.75 Å². The number of urea groups is 1. The molecule has 2 aliphatic rings. The van der Waals surface area contributed by atoms with Crippen molar-refractivity contribution in [2.45, 2.75) is 37.0 Å². The van der Waals surface area contributed by atoms with E-state index in [9.17, 15) is 13.2 Å². The molecule has 1 aromatic heterocycles. The van der Waals surface area contributed by atoms with E-state index in [0.717, 1.165) is 16.9 Å². The highest BCUT2D eigenvalue weighted by atomic mass is 32.2. The van der Waals surface area contributed by atoms with Crippen molar-refractivity contribution in [3.05, 3.63) is 95.3 Å². The fourth-order valence-corrected chi connectivity index (χ4v) is 5.77. The fraction of sp³-hybridized carbons (Fsp3) is 0.333. The normalized spacial score (nSPS) is 18.0. The van der Waals surface area contributed by atoms with Gasteiger partial charge in [0, 0.05) is 18.9 Å². The summed E-state index contributed by atoms with van der Waals surface area (Å²) in [6.07, 6.45) is 6.19. The maximum absolute atomic E-state index is 13.4. The van der Waals surface area contributed by atoms with E-state index >= 15 is 0 Å². The molecular weight excluding hydrogens is 476 g/mol. The minimum Gasteiger partial charge on any atom is -0.497 e. The summed E-state index contributed by atoms with van der Waals surface area (Å²) in [6.45, 7) is 0.692. The molecule has 3 aromatic rings. The zero-order chi connectivity index (χ0) is 25.1. The molecule has 0 radical (unpaired) electrons. The number of hydrogen-bond acceptors (Lipinski definition) is 5. The van der Waals surface area contributed by atoms with Gasteiger partial charge in [-0.2, -0.15) is 0 Å². The van der Waals surface area contributed by atoms with Crippen molar-refractivity contribution in [2.75, 3.05) is 20.2 Å². The average molecular weight is 507 g/mol. The molecule has 0 bridgehead atoms. The number of ether oxygens (including phenoxy) is 1. The first-order valence-electron chi connectivity index (χ1n) is 12.1. The van der Waals surface area contributed by atoms with Crippen molar-refractivity contribution in [3.63, 3.8) is 0 Å². The van der Waals surface area contributed by atoms with Gasteiger partial charge in [-0.1, -0.05) is 42.5 Å². The van der Waals surface area contributed by atoms with E-state index < -0.39 is 10.0 Å². The lowest BCUT2D eigenvalue weighted by Crippen LogP contribution is -2.45. The molecule has 9 heteroatoms. The third-order valence-corrected chi connectivity index (χ3v) is 7.92. The highest BCUT2D eigenvalue weighted by molar-refractivity contribution is 7.88. The van der Waals surface area contributed by atoms with Gasteiger partial charge in [0.05, 0.1) is 25.4 Å². The van der Waals surface area contributed by atoms with Gasteiger partial charge in [-0.05, 0) is 65.6 Å². The average Bonchev–Trinajstić information content (AvgIpc) is 3.69. The summed E-state index contributed by atoms with van der Waals surface area (Å²) in [5.41, 5.74) is 3.94. The summed E-state index contributed by atoms with van der Waals surface area (Å²) in [6, 6.07) is 18.9. The molecule has 2 fully saturated rings. The first-order chi connectivity index (χ1) is 17.4. The molecule has 5 rings (SSSR count). The second-order valence-electron chi connectivity index (χ2n) is 9.35. The predicted octanol–water partition coefficient (Wildman–Crippen LogP) is 4.02. The van der Waals surface area contributed by atoms with Crippen LogP contribution in [0.1, 0.15) is 47.1 Å². The van der Waals surface area contributed by atoms with Gasteiger partial charge in [0.25, 0.3) is 0 Å². The van der Waals surface area contributed by atoms with Gasteiger partial charge in [-0.3, -0.25) is 4.98 Å². The predicted molar refractivity (Wildman–Crippen MR) is 137 cm³/mol. The molecule has 1 saturated heterocycles. The lowest BCUT2D eigenvalue weighted by molar-refractivity contribution is 0.182. The molecular formula is C27H30N4O4S. The number of hydrogen-bond donors (Lipinski definition) is 1. The highest BCUT2D eigenvalue weighted by Crippen LogP contribution is 2.40. The molecule has 1 N–H and O–H groups in total. The van der Waals surface area contributed by atoms with Gasteiger partial charge in [0.15, 0.2) is 0 Å². The van der Waals surface area contributed by atoms with E-state index in [2.05, 4.69) is 34.1 Å². The SMILES string of the molecule is COc1ccc(CCN2C(=O)N(NS(=O)(=O)Cc3cccnc3)CC2c2ccc(C3CC3)cc2)cc1. The first kappa shape index (κ1) is 24.3. The fourth-order valence-electron chi connectivity index (χ4n) is 4.60. The molecule has 36 heavy (non-hydrogen) atoms. The molecule has 2 aromatic carbocycles. The Kier molecular flexibility index (Phi) is 6.93. The van der Waals surface area contributed by atoms with Crippen LogP contribution >= 0.6 is 0 Å². The van der Waals surface area contributed by atoms with E-state index in [1.807, 2.05) is 24.3 Å². The number of carbonyl (C=O) groups is 1. The van der Waals surface area contributed by atoms with Gasteiger partial charge < -0.3 is 9.64 Å². The van der Waals surface area contributed by atoms with E-state index in [1.165, 1.54) is 29.6 Å². The maximum Gasteiger partial charge on any atom is 0.335 e. The van der Waals surface area contributed by atoms with Crippen molar-refractivity contribution < 1.29 is 17.9 Å². The Bertz CT molecular complexity index is 1290. The molecule has 188 valence electrons. The van der Waals surface area contributed by atoms with Gasteiger partial charge in [-0.15, -0.1) is 4.83 Å². The number of aromatic nitrogens is 1. The van der Waals surface area contributed by atoms with Crippen molar-refractivity contribution in [2.24, 2.45) is 0 Å². The van der Waals surface area contributed by atoms with Crippen LogP contribution in [0.3, 0.4) is 0 Å². The first-order valence-corrected chi connectivity index (χ1v) is 13.8. The number of pyridine rings is 1. The standard InChI is InChI=1S/C27H30N4O4S/c1-35-25-12-4-20(5-13-25)14-16-30-26(24-10-8-23(9-11-24)22-6-7-22)18-31(27(30)32)29-36(33,34)19-21-3-2-15-28-17-21/h2-5,8-13,15,17,22,26,29H,6-7,14,16,18-19H2,1H3. The summed E-state index contributed by atoms with van der Waals surface area (Å²) in [4.78, 5) is 21.7. The van der Waals surface area contributed by atoms with Gasteiger partial charge in [0.1, 0.15) is 5.75 Å². The molecule has 1 unspecified atom stereocenters. The number of amides is 2. The van der Waals surface area contributed by atoms with Crippen molar-refractivity contribution >= 4 is 16.1 Å². The Labute approximate surface area is 211 Å². The van der Waals surface area contributed by atoms with E-state index in [4.69, 9.17) is 4.74 Å². The van der Waals surface area contributed by atoms with Gasteiger partial charge >= 0.3 is 6.03 Å². The topological polar surface area (TPSA) is 91.8 Å². The summed E-state index contributed by atoms with van der Waals surface area (Å²) in [5, 5.41) is 1.22. The molecule has 2 heterocycles. The number of hydrazine groups is 1. The zero-order valence-corrected chi connectivity index (χ0v) is 21.0. The van der Waals surface area contributed by atoms with Crippen molar-refractivity contribution in [1.82, 2.24) is 19.7 Å². The Balaban J connectivity index is 1.34. The number of nitrogens with one attached hydrogen (secondary N) is 1. The van der Waals surface area contributed by atoms with E-state index in [0.29, 0.717) is 24.4 Å². The second kappa shape index (κ2) is 10.3. The number of carbonyl (C=O) groups excluding carboxylic acids is 1. The summed E-state index contributed by atoms with van der Waals surface area (Å²) in [5.74, 6) is 1.17. The molecule has 8 nitrogen and oxygen atoms in total. The van der Waals surface area contributed by atoms with Gasteiger partial charge in [-0.25, -0.2) is 18.2 Å². The number of methoxy groups -OCH3 is 1. The Morgan fingerprint density at radius 3 is 2.36 bits per heavy atom. The Morgan fingerprint density at radius 2 is 1.72 bits per heavy atom. The highest BCUT2D eigenvalue weighted by Gasteiger charge is 2.40. The molecule has 1 aliphatic carbocycles. The zero-order valence-electron chi connectivity index (χ0n) is 20.2. The Morgan fingerprint density at radius 1 is 1.00 bits per heavy atom. The van der Waals surface area contributed by atoms with Crippen LogP contribution in [0.15, 0.2) is 73.1 Å². The number of sulfonamides is 1. The van der Waals surface area contributed by atoms with Crippen LogP contribution in [0, 0.1) is 0 Å². The smallest absolute Gasteiger partial charge is 0.335 e. The monoisotopic (exact) mass is 506 g/mol. The van der Waals surface area contributed by atoms with Gasteiger partial charge in [0.2, 0.25) is 10.0 Å². The van der Waals surface area contributed by atoms with Crippen LogP contribution in [0.4, 0.5) is 4.79 Å².